The largest absolute Gasteiger partial charge is 0.489 e. The highest BCUT2D eigenvalue weighted by molar-refractivity contribution is 6.05. The van der Waals surface area contributed by atoms with E-state index < -0.39 is 30.3 Å². The van der Waals surface area contributed by atoms with Crippen LogP contribution in [-0.2, 0) is 38.8 Å². The van der Waals surface area contributed by atoms with Crippen molar-refractivity contribution in [3.8, 4) is 5.75 Å². The zero-order valence-electron chi connectivity index (χ0n) is 22.3. The lowest BCUT2D eigenvalue weighted by Gasteiger charge is -2.29. The number of ether oxygens (including phenoxy) is 2. The van der Waals surface area contributed by atoms with Crippen LogP contribution in [0.25, 0.3) is 0 Å². The molecule has 3 aliphatic rings. The van der Waals surface area contributed by atoms with E-state index in [1.54, 1.807) is 11.0 Å². The molecule has 0 radical (unpaired) electrons. The van der Waals surface area contributed by atoms with Gasteiger partial charge in [-0.2, -0.15) is 0 Å². The third kappa shape index (κ3) is 4.38. The molecule has 0 bridgehead atoms. The summed E-state index contributed by atoms with van der Waals surface area (Å²) in [5, 5.41) is 2.24. The van der Waals surface area contributed by atoms with Crippen molar-refractivity contribution >= 4 is 23.6 Å². The summed E-state index contributed by atoms with van der Waals surface area (Å²) >= 11 is 0. The van der Waals surface area contributed by atoms with Gasteiger partial charge in [-0.05, 0) is 29.7 Å². The fourth-order valence-electron chi connectivity index (χ4n) is 4.26. The lowest BCUT2D eigenvalue weighted by Crippen LogP contribution is -2.52. The lowest BCUT2D eigenvalue weighted by molar-refractivity contribution is -0.143. The molecule has 2 aromatic rings. The minimum absolute atomic E-state index is 0.0132. The molecule has 9 nitrogen and oxygen atoms in total. The van der Waals surface area contributed by atoms with Crippen LogP contribution >= 0.6 is 0 Å². The van der Waals surface area contributed by atoms with Crippen LogP contribution in [0.4, 0.5) is 0 Å². The predicted molar refractivity (Wildman–Crippen MR) is 119 cm³/mol. The topological polar surface area (TPSA) is 105 Å². The Morgan fingerprint density at radius 3 is 2.74 bits per heavy atom. The van der Waals surface area contributed by atoms with Gasteiger partial charge in [-0.1, -0.05) is 30.3 Å². The maximum atomic E-state index is 13.1. The molecule has 176 valence electrons. The highest BCUT2D eigenvalue weighted by atomic mass is 16.5. The van der Waals surface area contributed by atoms with E-state index in [1.807, 2.05) is 0 Å². The Morgan fingerprint density at radius 2 is 1.97 bits per heavy atom. The normalized spacial score (nSPS) is 22.5. The Balaban J connectivity index is 1.38. The number of benzene rings is 2. The average Bonchev–Trinajstić information content (AvgIpc) is 3.17. The molecular formula is C25H25N3O6. The van der Waals surface area contributed by atoms with Crippen LogP contribution in [0.2, 0.25) is 0 Å². The van der Waals surface area contributed by atoms with Crippen LogP contribution in [-0.4, -0.2) is 59.2 Å². The van der Waals surface area contributed by atoms with Crippen molar-refractivity contribution in [2.75, 3.05) is 19.8 Å². The maximum Gasteiger partial charge on any atom is 0.255 e. The van der Waals surface area contributed by atoms with Gasteiger partial charge in [0.15, 0.2) is 0 Å². The predicted octanol–water partition coefficient (Wildman–Crippen LogP) is 1.39. The summed E-state index contributed by atoms with van der Waals surface area (Å²) in [6.07, 6.45) is 0.297. The Hall–Kier alpha value is -3.72. The summed E-state index contributed by atoms with van der Waals surface area (Å²) in [5.74, 6) is -1.53. The number of piperidine rings is 1. The summed E-state index contributed by atoms with van der Waals surface area (Å²) < 4.78 is 44.8. The standard InChI is InChI=1S/C25H25N3O6/c29-22-9-8-20(24(31)26-22)28-13-19-18(25(28)32)2-1-3-21(19)34-14-17-6-4-16(5-7-17)12-27-10-11-33-15-23(27)30/h1-7,20H,8-15H2,(H,26,29,31)/i6D,7D,14D2. The third-order valence-corrected chi connectivity index (χ3v) is 6.06. The van der Waals surface area contributed by atoms with Crippen molar-refractivity contribution in [1.82, 2.24) is 15.1 Å². The van der Waals surface area contributed by atoms with Gasteiger partial charge in [-0.25, -0.2) is 0 Å². The molecule has 2 aromatic carbocycles. The molecule has 4 amide bonds. The molecular weight excluding hydrogens is 438 g/mol. The fourth-order valence-corrected chi connectivity index (χ4v) is 4.26. The Morgan fingerprint density at radius 1 is 1.15 bits per heavy atom. The quantitative estimate of drug-likeness (QED) is 0.644. The van der Waals surface area contributed by atoms with Gasteiger partial charge in [0.2, 0.25) is 17.7 Å². The van der Waals surface area contributed by atoms with Gasteiger partial charge >= 0.3 is 0 Å². The van der Waals surface area contributed by atoms with E-state index in [4.69, 9.17) is 15.0 Å². The molecule has 3 heterocycles. The van der Waals surface area contributed by atoms with E-state index in [0.717, 1.165) is 0 Å². The second kappa shape index (κ2) is 9.26. The summed E-state index contributed by atoms with van der Waals surface area (Å²) in [5.41, 5.74) is 0.858. The Bertz CT molecular complexity index is 1330. The second-order valence-electron chi connectivity index (χ2n) is 8.28. The molecule has 0 aliphatic carbocycles. The van der Waals surface area contributed by atoms with Gasteiger partial charge < -0.3 is 19.3 Å². The molecule has 1 N–H and O–H groups in total. The van der Waals surface area contributed by atoms with Crippen LogP contribution in [0.5, 0.6) is 5.75 Å². The van der Waals surface area contributed by atoms with Crippen molar-refractivity contribution in [3.05, 3.63) is 64.7 Å². The van der Waals surface area contributed by atoms with Crippen LogP contribution in [0.3, 0.4) is 0 Å². The number of fused-ring (bicyclic) bond motifs is 1. The minimum atomic E-state index is -2.60. The number of nitrogens with one attached hydrogen (secondary N) is 1. The summed E-state index contributed by atoms with van der Waals surface area (Å²) in [6, 6.07) is 6.04. The van der Waals surface area contributed by atoms with Crippen molar-refractivity contribution in [3.63, 3.8) is 0 Å². The van der Waals surface area contributed by atoms with Gasteiger partial charge in [0.25, 0.3) is 5.91 Å². The van der Waals surface area contributed by atoms with E-state index >= 15 is 0 Å². The zero-order chi connectivity index (χ0) is 27.2. The van der Waals surface area contributed by atoms with Gasteiger partial charge in [0, 0.05) is 30.6 Å². The molecule has 9 heteroatoms. The Kier molecular flexibility index (Phi) is 4.83. The number of imide groups is 1. The number of nitrogens with zero attached hydrogens (tertiary/aromatic N) is 2. The first-order valence-corrected chi connectivity index (χ1v) is 11.0. The highest BCUT2D eigenvalue weighted by Gasteiger charge is 2.40. The van der Waals surface area contributed by atoms with E-state index in [2.05, 4.69) is 5.32 Å². The molecule has 34 heavy (non-hydrogen) atoms. The second-order valence-corrected chi connectivity index (χ2v) is 8.28. The van der Waals surface area contributed by atoms with Crippen LogP contribution < -0.4 is 10.1 Å². The lowest BCUT2D eigenvalue weighted by atomic mass is 10.0. The molecule has 5 rings (SSSR count). The van der Waals surface area contributed by atoms with Gasteiger partial charge in [-0.15, -0.1) is 0 Å². The zero-order valence-corrected chi connectivity index (χ0v) is 18.3. The van der Waals surface area contributed by atoms with Crippen molar-refractivity contribution in [2.24, 2.45) is 0 Å². The minimum Gasteiger partial charge on any atom is -0.489 e. The SMILES string of the molecule is [2H]c1cc(CN2CCOCC2=O)cc([2H])c1C([2H])([2H])Oc1cccc2c1CN(C1CCC(=O)NC1=O)C2=O. The van der Waals surface area contributed by atoms with E-state index in [9.17, 15) is 19.2 Å². The van der Waals surface area contributed by atoms with Crippen molar-refractivity contribution in [1.29, 1.82) is 0 Å². The fraction of sp³-hybridized carbons (Fsp3) is 0.360. The number of carbonyl (C=O) groups is 4. The van der Waals surface area contributed by atoms with Crippen LogP contribution in [0.1, 0.15) is 45.4 Å². The van der Waals surface area contributed by atoms with E-state index in [1.165, 1.54) is 29.2 Å². The van der Waals surface area contributed by atoms with E-state index in [-0.39, 0.29) is 67.4 Å². The molecule has 2 fully saturated rings. The number of morpholine rings is 1. The maximum absolute atomic E-state index is 13.1. The first kappa shape index (κ1) is 17.7. The van der Waals surface area contributed by atoms with Gasteiger partial charge in [-0.3, -0.25) is 24.5 Å². The smallest absolute Gasteiger partial charge is 0.255 e. The molecule has 0 aromatic heterocycles. The third-order valence-electron chi connectivity index (χ3n) is 6.06. The van der Waals surface area contributed by atoms with Crippen LogP contribution in [0.15, 0.2) is 42.4 Å². The van der Waals surface area contributed by atoms with Crippen molar-refractivity contribution in [2.45, 2.75) is 38.5 Å². The molecule has 0 spiro atoms. The first-order chi connectivity index (χ1) is 18.0. The summed E-state index contributed by atoms with van der Waals surface area (Å²) in [4.78, 5) is 51.9. The number of hydrogen-bond acceptors (Lipinski definition) is 6. The Labute approximate surface area is 202 Å². The first-order valence-electron chi connectivity index (χ1n) is 13.0. The number of rotatable bonds is 6. The average molecular weight is 468 g/mol. The van der Waals surface area contributed by atoms with E-state index in [0.29, 0.717) is 24.3 Å². The summed E-state index contributed by atoms with van der Waals surface area (Å²) in [6.45, 7) is -1.68. The molecule has 1 atom stereocenters. The number of amides is 4. The van der Waals surface area contributed by atoms with Gasteiger partial charge in [0.1, 0.15) is 25.0 Å². The number of carbonyl (C=O) groups excluding carboxylic acids is 4. The molecule has 3 aliphatic heterocycles. The van der Waals surface area contributed by atoms with Gasteiger partial charge in [0.05, 0.1) is 18.6 Å². The number of hydrogen-bond donors (Lipinski definition) is 1. The molecule has 1 unspecified atom stereocenters. The summed E-state index contributed by atoms with van der Waals surface area (Å²) in [7, 11) is 0. The molecule has 2 saturated heterocycles. The highest BCUT2D eigenvalue weighted by Crippen LogP contribution is 2.34. The van der Waals surface area contributed by atoms with Crippen LogP contribution in [0, 0.1) is 0 Å². The molecule has 0 saturated carbocycles. The monoisotopic (exact) mass is 467 g/mol. The van der Waals surface area contributed by atoms with Crippen molar-refractivity contribution < 1.29 is 34.1 Å².